The molecular formula is C21H18N2O6. The second-order valence-electron chi connectivity index (χ2n) is 5.93. The molecule has 0 spiro atoms. The molecule has 3 aromatic rings. The van der Waals surface area contributed by atoms with Crippen LogP contribution in [0.4, 0.5) is 0 Å². The highest BCUT2D eigenvalue weighted by molar-refractivity contribution is 5.90. The number of hydrogen-bond donors (Lipinski definition) is 1. The molecule has 0 bridgehead atoms. The highest BCUT2D eigenvalue weighted by Crippen LogP contribution is 2.15. The molecule has 0 saturated heterocycles. The lowest BCUT2D eigenvalue weighted by Crippen LogP contribution is -2.28. The van der Waals surface area contributed by atoms with Crippen molar-refractivity contribution in [2.45, 2.75) is 6.54 Å². The number of amides is 1. The predicted octanol–water partition coefficient (Wildman–Crippen LogP) is 2.49. The van der Waals surface area contributed by atoms with Crippen LogP contribution in [0, 0.1) is 0 Å². The highest BCUT2D eigenvalue weighted by atomic mass is 16.5. The van der Waals surface area contributed by atoms with Crippen molar-refractivity contribution in [1.29, 1.82) is 0 Å². The number of oxazole rings is 1. The highest BCUT2D eigenvalue weighted by Gasteiger charge is 2.08. The van der Waals surface area contributed by atoms with Gasteiger partial charge in [-0.3, -0.25) is 4.79 Å². The lowest BCUT2D eigenvalue weighted by Gasteiger charge is -2.06. The molecule has 0 aliphatic rings. The molecule has 0 atom stereocenters. The third kappa shape index (κ3) is 5.52. The van der Waals surface area contributed by atoms with Crippen molar-refractivity contribution in [2.75, 3.05) is 13.7 Å². The zero-order valence-electron chi connectivity index (χ0n) is 15.6. The van der Waals surface area contributed by atoms with E-state index in [9.17, 15) is 14.4 Å². The number of methoxy groups -OCH3 is 1. The Morgan fingerprint density at radius 1 is 1.10 bits per heavy atom. The van der Waals surface area contributed by atoms with E-state index in [1.165, 1.54) is 13.2 Å². The zero-order valence-corrected chi connectivity index (χ0v) is 15.6. The van der Waals surface area contributed by atoms with Gasteiger partial charge in [0.05, 0.1) is 12.7 Å². The van der Waals surface area contributed by atoms with E-state index < -0.39 is 24.5 Å². The molecule has 0 aliphatic heterocycles. The molecule has 0 radical (unpaired) electrons. The number of nitrogens with one attached hydrogen (secondary N) is 1. The number of carbonyl (C=O) groups excluding carboxylic acids is 3. The van der Waals surface area contributed by atoms with Crippen LogP contribution in [0.1, 0.15) is 21.8 Å². The number of para-hydroxylation sites is 2. The molecule has 0 aliphatic carbocycles. The number of aromatic nitrogens is 1. The Balaban J connectivity index is 1.42. The molecule has 8 nitrogen and oxygen atoms in total. The van der Waals surface area contributed by atoms with Crippen LogP contribution in [0.25, 0.3) is 17.2 Å². The smallest absolute Gasteiger partial charge is 0.337 e. The Bertz CT molecular complexity index is 1020. The van der Waals surface area contributed by atoms with Gasteiger partial charge in [-0.15, -0.1) is 0 Å². The first-order valence-electron chi connectivity index (χ1n) is 8.69. The fraction of sp³-hybridized carbons (Fsp3) is 0.143. The molecule has 0 fully saturated rings. The number of benzene rings is 2. The lowest BCUT2D eigenvalue weighted by molar-refractivity contribution is -0.143. The zero-order chi connectivity index (χ0) is 20.6. The predicted molar refractivity (Wildman–Crippen MR) is 104 cm³/mol. The summed E-state index contributed by atoms with van der Waals surface area (Å²) >= 11 is 0. The average Bonchev–Trinajstić information content (AvgIpc) is 3.17. The van der Waals surface area contributed by atoms with E-state index in [2.05, 4.69) is 15.0 Å². The number of hydrogen-bond acceptors (Lipinski definition) is 7. The second kappa shape index (κ2) is 9.32. The number of rotatable bonds is 7. The first-order chi connectivity index (χ1) is 14.0. The number of nitrogens with zero attached hydrogens (tertiary/aromatic N) is 1. The number of carbonyl (C=O) groups is 3. The van der Waals surface area contributed by atoms with Crippen molar-refractivity contribution in [1.82, 2.24) is 10.3 Å². The third-order valence-corrected chi connectivity index (χ3v) is 3.88. The molecule has 1 heterocycles. The number of fused-ring (bicyclic) bond motifs is 1. The first-order valence-corrected chi connectivity index (χ1v) is 8.69. The minimum absolute atomic E-state index is 0.233. The fourth-order valence-electron chi connectivity index (χ4n) is 2.41. The molecule has 3 rings (SSSR count). The van der Waals surface area contributed by atoms with E-state index in [4.69, 9.17) is 9.15 Å². The summed E-state index contributed by atoms with van der Waals surface area (Å²) in [5.74, 6) is -1.31. The summed E-state index contributed by atoms with van der Waals surface area (Å²) in [5, 5.41) is 2.62. The van der Waals surface area contributed by atoms with Crippen molar-refractivity contribution < 1.29 is 28.3 Å². The van der Waals surface area contributed by atoms with Crippen LogP contribution < -0.4 is 5.32 Å². The summed E-state index contributed by atoms with van der Waals surface area (Å²) in [4.78, 5) is 39.1. The molecule has 8 heteroatoms. The molecule has 0 unspecified atom stereocenters. The van der Waals surface area contributed by atoms with Gasteiger partial charge in [0.1, 0.15) is 5.52 Å². The number of ether oxygens (including phenoxy) is 2. The van der Waals surface area contributed by atoms with Crippen LogP contribution in [-0.4, -0.2) is 36.5 Å². The van der Waals surface area contributed by atoms with Gasteiger partial charge in [-0.1, -0.05) is 24.3 Å². The normalized spacial score (nSPS) is 10.8. The maximum Gasteiger partial charge on any atom is 0.337 e. The van der Waals surface area contributed by atoms with E-state index in [0.29, 0.717) is 16.7 Å². The standard InChI is InChI=1S/C21H18N2O6/c1-27-21(26)15-8-6-14(7-9-15)12-22-18(24)13-28-20(25)11-10-19-23-16-4-2-3-5-17(16)29-19/h2-11H,12-13H2,1H3,(H,22,24)/b11-10+. The maximum atomic E-state index is 11.8. The summed E-state index contributed by atoms with van der Waals surface area (Å²) in [6.07, 6.45) is 2.52. The molecule has 0 saturated carbocycles. The Morgan fingerprint density at radius 2 is 1.86 bits per heavy atom. The molecule has 148 valence electrons. The van der Waals surface area contributed by atoms with Gasteiger partial charge in [0.2, 0.25) is 5.89 Å². The van der Waals surface area contributed by atoms with Crippen LogP contribution in [0.5, 0.6) is 0 Å². The quantitative estimate of drug-likeness (QED) is 0.484. The van der Waals surface area contributed by atoms with Gasteiger partial charge in [0.15, 0.2) is 12.2 Å². The van der Waals surface area contributed by atoms with Gasteiger partial charge in [0.25, 0.3) is 5.91 Å². The van der Waals surface area contributed by atoms with Crippen molar-refractivity contribution in [3.05, 3.63) is 71.6 Å². The van der Waals surface area contributed by atoms with Crippen LogP contribution in [0.15, 0.2) is 59.0 Å². The lowest BCUT2D eigenvalue weighted by atomic mass is 10.1. The molecule has 2 aromatic carbocycles. The average molecular weight is 394 g/mol. The molecule has 1 N–H and O–H groups in total. The Hall–Kier alpha value is -3.94. The van der Waals surface area contributed by atoms with Crippen molar-refractivity contribution in [3.8, 4) is 0 Å². The van der Waals surface area contributed by atoms with Gasteiger partial charge >= 0.3 is 11.9 Å². The number of esters is 2. The summed E-state index contributed by atoms with van der Waals surface area (Å²) in [7, 11) is 1.31. The van der Waals surface area contributed by atoms with E-state index in [0.717, 1.165) is 11.6 Å². The fourth-order valence-corrected chi connectivity index (χ4v) is 2.41. The Labute approximate surface area is 166 Å². The minimum Gasteiger partial charge on any atom is -0.465 e. The maximum absolute atomic E-state index is 11.8. The summed E-state index contributed by atoms with van der Waals surface area (Å²) in [5.41, 5.74) is 2.49. The van der Waals surface area contributed by atoms with Crippen molar-refractivity contribution >= 4 is 35.0 Å². The van der Waals surface area contributed by atoms with Gasteiger partial charge in [0, 0.05) is 18.7 Å². The van der Waals surface area contributed by atoms with E-state index in [1.807, 2.05) is 12.1 Å². The second-order valence-corrected chi connectivity index (χ2v) is 5.93. The third-order valence-electron chi connectivity index (χ3n) is 3.88. The van der Waals surface area contributed by atoms with Crippen molar-refractivity contribution in [2.24, 2.45) is 0 Å². The Morgan fingerprint density at radius 3 is 2.59 bits per heavy atom. The largest absolute Gasteiger partial charge is 0.465 e. The van der Waals surface area contributed by atoms with E-state index in [-0.39, 0.29) is 12.4 Å². The topological polar surface area (TPSA) is 108 Å². The molecule has 29 heavy (non-hydrogen) atoms. The summed E-state index contributed by atoms with van der Waals surface area (Å²) in [6.45, 7) is -0.187. The van der Waals surface area contributed by atoms with Gasteiger partial charge in [-0.05, 0) is 29.8 Å². The first kappa shape index (κ1) is 19.8. The van der Waals surface area contributed by atoms with Gasteiger partial charge in [-0.25, -0.2) is 14.6 Å². The van der Waals surface area contributed by atoms with Crippen LogP contribution in [-0.2, 0) is 25.6 Å². The summed E-state index contributed by atoms with van der Waals surface area (Å²) in [6, 6.07) is 13.8. The molecular weight excluding hydrogens is 376 g/mol. The SMILES string of the molecule is COC(=O)c1ccc(CNC(=O)COC(=O)/C=C/c2nc3ccccc3o2)cc1. The van der Waals surface area contributed by atoms with Crippen LogP contribution in [0.2, 0.25) is 0 Å². The van der Waals surface area contributed by atoms with Crippen LogP contribution in [0.3, 0.4) is 0 Å². The summed E-state index contributed by atoms with van der Waals surface area (Å²) < 4.78 is 15.0. The Kier molecular flexibility index (Phi) is 6.36. The minimum atomic E-state index is -0.690. The van der Waals surface area contributed by atoms with E-state index in [1.54, 1.807) is 36.4 Å². The van der Waals surface area contributed by atoms with Crippen molar-refractivity contribution in [3.63, 3.8) is 0 Å². The molecule has 1 aromatic heterocycles. The molecule has 1 amide bonds. The van der Waals surface area contributed by atoms with Gasteiger partial charge < -0.3 is 19.2 Å². The monoisotopic (exact) mass is 394 g/mol. The van der Waals surface area contributed by atoms with E-state index >= 15 is 0 Å². The van der Waals surface area contributed by atoms with Crippen LogP contribution >= 0.6 is 0 Å². The van der Waals surface area contributed by atoms with Gasteiger partial charge in [-0.2, -0.15) is 0 Å².